The standard InChI is InChI=1S/C17H13N3O5/c18-17(22)12-9-19(13-6-2-1-5-11(12)13)16(21)10-25-15-8-4-3-7-14(15)20(23)24/h1-9H,10H2,(H2,18,22). The molecule has 0 atom stereocenters. The highest BCUT2D eigenvalue weighted by Crippen LogP contribution is 2.26. The lowest BCUT2D eigenvalue weighted by molar-refractivity contribution is -0.385. The Bertz CT molecular complexity index is 993. The number of ether oxygens (including phenoxy) is 1. The van der Waals surface area contributed by atoms with Crippen molar-refractivity contribution in [2.45, 2.75) is 0 Å². The molecular formula is C17H13N3O5. The van der Waals surface area contributed by atoms with E-state index in [4.69, 9.17) is 10.5 Å². The van der Waals surface area contributed by atoms with Crippen molar-refractivity contribution in [3.05, 3.63) is 70.4 Å². The number of nitro groups is 1. The van der Waals surface area contributed by atoms with Crippen LogP contribution in [-0.2, 0) is 0 Å². The lowest BCUT2D eigenvalue weighted by Crippen LogP contribution is -2.19. The molecule has 0 aliphatic heterocycles. The molecule has 3 rings (SSSR count). The van der Waals surface area contributed by atoms with Crippen LogP contribution in [0.1, 0.15) is 15.2 Å². The summed E-state index contributed by atoms with van der Waals surface area (Å²) in [4.78, 5) is 34.4. The molecule has 0 bridgehead atoms. The normalized spacial score (nSPS) is 10.6. The Hall–Kier alpha value is -3.68. The molecule has 1 heterocycles. The number of hydrogen-bond donors (Lipinski definition) is 1. The van der Waals surface area contributed by atoms with Gasteiger partial charge in [0.05, 0.1) is 16.0 Å². The molecule has 3 aromatic rings. The number of amides is 1. The van der Waals surface area contributed by atoms with Crippen LogP contribution in [0.2, 0.25) is 0 Å². The topological polar surface area (TPSA) is 117 Å². The number of primary amides is 1. The van der Waals surface area contributed by atoms with Gasteiger partial charge in [-0.15, -0.1) is 0 Å². The number of nitrogens with zero attached hydrogens (tertiary/aromatic N) is 2. The van der Waals surface area contributed by atoms with E-state index in [0.29, 0.717) is 10.9 Å². The van der Waals surface area contributed by atoms with Crippen LogP contribution < -0.4 is 10.5 Å². The van der Waals surface area contributed by atoms with Crippen LogP contribution in [0.3, 0.4) is 0 Å². The fourth-order valence-corrected chi connectivity index (χ4v) is 2.52. The van der Waals surface area contributed by atoms with Gasteiger partial charge in [-0.2, -0.15) is 0 Å². The molecule has 8 heteroatoms. The Morgan fingerprint density at radius 1 is 1.12 bits per heavy atom. The molecule has 0 unspecified atom stereocenters. The molecule has 0 aliphatic rings. The van der Waals surface area contributed by atoms with E-state index >= 15 is 0 Å². The number of rotatable bonds is 5. The maximum Gasteiger partial charge on any atom is 0.310 e. The summed E-state index contributed by atoms with van der Waals surface area (Å²) < 4.78 is 6.56. The zero-order valence-corrected chi connectivity index (χ0v) is 12.9. The fourth-order valence-electron chi connectivity index (χ4n) is 2.52. The largest absolute Gasteiger partial charge is 0.477 e. The van der Waals surface area contributed by atoms with Gasteiger partial charge in [-0.3, -0.25) is 24.3 Å². The highest BCUT2D eigenvalue weighted by atomic mass is 16.6. The number of nitrogens with two attached hydrogens (primary N) is 1. The molecule has 0 fully saturated rings. The maximum absolute atomic E-state index is 12.5. The zero-order valence-electron chi connectivity index (χ0n) is 12.9. The second kappa shape index (κ2) is 6.44. The minimum absolute atomic E-state index is 0.00700. The first kappa shape index (κ1) is 16.2. The van der Waals surface area contributed by atoms with Gasteiger partial charge in [0.15, 0.2) is 12.4 Å². The van der Waals surface area contributed by atoms with Crippen molar-refractivity contribution in [1.82, 2.24) is 4.57 Å². The predicted octanol–water partition coefficient (Wildman–Crippen LogP) is 2.37. The Morgan fingerprint density at radius 3 is 2.52 bits per heavy atom. The van der Waals surface area contributed by atoms with Crippen LogP contribution >= 0.6 is 0 Å². The number of fused-ring (bicyclic) bond motifs is 1. The van der Waals surface area contributed by atoms with Gasteiger partial charge < -0.3 is 10.5 Å². The van der Waals surface area contributed by atoms with Crippen LogP contribution in [0.25, 0.3) is 10.9 Å². The molecule has 0 radical (unpaired) electrons. The Morgan fingerprint density at radius 2 is 1.80 bits per heavy atom. The van der Waals surface area contributed by atoms with Crippen LogP contribution in [0.5, 0.6) is 5.75 Å². The number of nitro benzene ring substituents is 1. The van der Waals surface area contributed by atoms with Gasteiger partial charge in [0.2, 0.25) is 0 Å². The second-order valence-corrected chi connectivity index (χ2v) is 5.20. The van der Waals surface area contributed by atoms with Gasteiger partial charge in [0.1, 0.15) is 0 Å². The van der Waals surface area contributed by atoms with E-state index in [2.05, 4.69) is 0 Å². The van der Waals surface area contributed by atoms with E-state index in [1.165, 1.54) is 29.0 Å². The van der Waals surface area contributed by atoms with Crippen molar-refractivity contribution in [2.75, 3.05) is 6.61 Å². The molecule has 0 saturated heterocycles. The van der Waals surface area contributed by atoms with Gasteiger partial charge in [0, 0.05) is 17.6 Å². The minimum atomic E-state index is -0.651. The summed E-state index contributed by atoms with van der Waals surface area (Å²) in [5.41, 5.74) is 5.83. The Balaban J connectivity index is 1.89. The molecule has 126 valence electrons. The van der Waals surface area contributed by atoms with Crippen molar-refractivity contribution < 1.29 is 19.2 Å². The van der Waals surface area contributed by atoms with Gasteiger partial charge >= 0.3 is 5.69 Å². The predicted molar refractivity (Wildman–Crippen MR) is 89.7 cm³/mol. The average Bonchev–Trinajstić information content (AvgIpc) is 3.00. The average molecular weight is 339 g/mol. The van der Waals surface area contributed by atoms with Gasteiger partial charge in [-0.25, -0.2) is 0 Å². The van der Waals surface area contributed by atoms with Crippen molar-refractivity contribution in [3.63, 3.8) is 0 Å². The number of hydrogen-bond acceptors (Lipinski definition) is 5. The molecule has 0 saturated carbocycles. The van der Waals surface area contributed by atoms with E-state index in [0.717, 1.165) is 0 Å². The summed E-state index contributed by atoms with van der Waals surface area (Å²) in [6.45, 7) is -0.429. The summed E-state index contributed by atoms with van der Waals surface area (Å²) in [7, 11) is 0. The third kappa shape index (κ3) is 3.05. The quantitative estimate of drug-likeness (QED) is 0.565. The van der Waals surface area contributed by atoms with Crippen LogP contribution in [0.4, 0.5) is 5.69 Å². The third-order valence-electron chi connectivity index (χ3n) is 3.66. The zero-order chi connectivity index (χ0) is 18.0. The molecule has 1 aromatic heterocycles. The lowest BCUT2D eigenvalue weighted by Gasteiger charge is -2.07. The Kier molecular flexibility index (Phi) is 4.17. The van der Waals surface area contributed by atoms with E-state index in [9.17, 15) is 19.7 Å². The van der Waals surface area contributed by atoms with E-state index in [1.807, 2.05) is 0 Å². The van der Waals surface area contributed by atoms with Gasteiger partial charge in [0.25, 0.3) is 11.8 Å². The summed E-state index contributed by atoms with van der Waals surface area (Å²) in [6, 6.07) is 12.6. The van der Waals surface area contributed by atoms with Gasteiger partial charge in [-0.1, -0.05) is 30.3 Å². The number of benzene rings is 2. The number of carbonyl (C=O) groups excluding carboxylic acids is 2. The highest BCUT2D eigenvalue weighted by molar-refractivity contribution is 6.08. The van der Waals surface area contributed by atoms with Crippen molar-refractivity contribution in [1.29, 1.82) is 0 Å². The summed E-state index contributed by atoms with van der Waals surface area (Å²) in [6.07, 6.45) is 1.35. The fraction of sp³-hybridized carbons (Fsp3) is 0.0588. The lowest BCUT2D eigenvalue weighted by atomic mass is 10.2. The number of aromatic nitrogens is 1. The molecule has 0 spiro atoms. The maximum atomic E-state index is 12.5. The van der Waals surface area contributed by atoms with Gasteiger partial charge in [-0.05, 0) is 12.1 Å². The van der Waals surface area contributed by atoms with Crippen LogP contribution in [-0.4, -0.2) is 27.9 Å². The summed E-state index contributed by atoms with van der Waals surface area (Å²) in [5.74, 6) is -1.14. The molecule has 1 amide bonds. The van der Waals surface area contributed by atoms with Crippen molar-refractivity contribution in [3.8, 4) is 5.75 Å². The highest BCUT2D eigenvalue weighted by Gasteiger charge is 2.19. The third-order valence-corrected chi connectivity index (χ3v) is 3.66. The monoisotopic (exact) mass is 339 g/mol. The van der Waals surface area contributed by atoms with E-state index in [1.54, 1.807) is 30.3 Å². The second-order valence-electron chi connectivity index (χ2n) is 5.20. The summed E-state index contributed by atoms with van der Waals surface area (Å²) >= 11 is 0. The minimum Gasteiger partial charge on any atom is -0.477 e. The first-order valence-corrected chi connectivity index (χ1v) is 7.28. The van der Waals surface area contributed by atoms with Crippen molar-refractivity contribution in [2.24, 2.45) is 5.73 Å². The molecule has 8 nitrogen and oxygen atoms in total. The van der Waals surface area contributed by atoms with E-state index in [-0.39, 0.29) is 17.0 Å². The molecule has 0 aliphatic carbocycles. The first-order valence-electron chi connectivity index (χ1n) is 7.28. The van der Waals surface area contributed by atoms with E-state index < -0.39 is 23.3 Å². The van der Waals surface area contributed by atoms with Crippen LogP contribution in [0.15, 0.2) is 54.7 Å². The first-order chi connectivity index (χ1) is 12.0. The SMILES string of the molecule is NC(=O)c1cn(C(=O)COc2ccccc2[N+](=O)[O-])c2ccccc12. The summed E-state index contributed by atoms with van der Waals surface area (Å²) in [5, 5.41) is 11.5. The molecular weight excluding hydrogens is 326 g/mol. The van der Waals surface area contributed by atoms with Crippen LogP contribution in [0, 0.1) is 10.1 Å². The molecule has 2 N–H and O–H groups in total. The van der Waals surface area contributed by atoms with Crippen molar-refractivity contribution >= 4 is 28.4 Å². The molecule has 2 aromatic carbocycles. The smallest absolute Gasteiger partial charge is 0.310 e. The number of carbonyl (C=O) groups is 2. The molecule has 25 heavy (non-hydrogen) atoms. The Labute approximate surface area is 141 Å². The number of para-hydroxylation sites is 3.